The van der Waals surface area contributed by atoms with Gasteiger partial charge in [0.1, 0.15) is 27.1 Å². The number of rotatable bonds is 7. The van der Waals surface area contributed by atoms with E-state index >= 15 is 0 Å². The Hall–Kier alpha value is -3.05. The quantitative estimate of drug-likeness (QED) is 0.471. The van der Waals surface area contributed by atoms with Crippen LogP contribution in [-0.4, -0.2) is 40.6 Å². The van der Waals surface area contributed by atoms with E-state index in [0.717, 1.165) is 42.6 Å². The average molecular weight is 518 g/mol. The van der Waals surface area contributed by atoms with Crippen molar-refractivity contribution in [1.82, 2.24) is 9.55 Å². The van der Waals surface area contributed by atoms with Gasteiger partial charge in [0.25, 0.3) is 5.56 Å². The standard InChI is InChI=1S/C24H27N3O6S2/c1-5-32-23(30)17-12(3)19(24(31)33-6-2)35-20(17)26-16(28)11-27-13(4)25-21-18(22(27)29)14-9-7-8-10-15(14)34-21/h5-11H2,1-4H3,(H,26,28). The fraction of sp³-hybridized carbons (Fsp3) is 0.458. The maximum atomic E-state index is 13.4. The number of esters is 2. The van der Waals surface area contributed by atoms with E-state index in [1.54, 1.807) is 39.0 Å². The number of hydrogen-bond donors (Lipinski definition) is 1. The lowest BCUT2D eigenvalue weighted by Gasteiger charge is -2.12. The van der Waals surface area contributed by atoms with Gasteiger partial charge in [0.15, 0.2) is 0 Å². The molecule has 3 aromatic rings. The number of nitrogens with zero attached hydrogens (tertiary/aromatic N) is 2. The molecule has 0 spiro atoms. The molecule has 3 heterocycles. The Bertz CT molecular complexity index is 1380. The molecule has 35 heavy (non-hydrogen) atoms. The minimum absolute atomic E-state index is 0.109. The maximum Gasteiger partial charge on any atom is 0.348 e. The van der Waals surface area contributed by atoms with Crippen molar-refractivity contribution in [2.45, 2.75) is 59.9 Å². The third kappa shape index (κ3) is 4.74. The molecule has 0 radical (unpaired) electrons. The molecule has 4 rings (SSSR count). The first-order valence-electron chi connectivity index (χ1n) is 11.6. The SMILES string of the molecule is CCOC(=O)c1sc(NC(=O)Cn2c(C)nc3sc4c(c3c2=O)CCCC4)c(C(=O)OCC)c1C. The maximum absolute atomic E-state index is 13.4. The topological polar surface area (TPSA) is 117 Å². The van der Waals surface area contributed by atoms with Crippen LogP contribution >= 0.6 is 22.7 Å². The molecule has 0 bridgehead atoms. The Kier molecular flexibility index (Phi) is 7.36. The Morgan fingerprint density at radius 3 is 2.43 bits per heavy atom. The van der Waals surface area contributed by atoms with Crippen LogP contribution in [0.2, 0.25) is 0 Å². The number of nitrogens with one attached hydrogen (secondary N) is 1. The Morgan fingerprint density at radius 1 is 1.03 bits per heavy atom. The van der Waals surface area contributed by atoms with Gasteiger partial charge in [-0.3, -0.25) is 14.2 Å². The normalized spacial score (nSPS) is 12.9. The highest BCUT2D eigenvalue weighted by Crippen LogP contribution is 2.35. The van der Waals surface area contributed by atoms with Crippen LogP contribution in [0.1, 0.15) is 68.5 Å². The van der Waals surface area contributed by atoms with Crippen molar-refractivity contribution < 1.29 is 23.9 Å². The van der Waals surface area contributed by atoms with E-state index in [9.17, 15) is 19.2 Å². The van der Waals surface area contributed by atoms with Crippen molar-refractivity contribution in [2.24, 2.45) is 0 Å². The van der Waals surface area contributed by atoms with Gasteiger partial charge in [-0.2, -0.15) is 0 Å². The molecule has 1 N–H and O–H groups in total. The molecular formula is C24H27N3O6S2. The second kappa shape index (κ2) is 10.3. The first-order chi connectivity index (χ1) is 16.8. The van der Waals surface area contributed by atoms with E-state index in [0.29, 0.717) is 21.6 Å². The second-order valence-corrected chi connectivity index (χ2v) is 10.3. The summed E-state index contributed by atoms with van der Waals surface area (Å²) in [5.41, 5.74) is 1.31. The van der Waals surface area contributed by atoms with Crippen LogP contribution in [0.5, 0.6) is 0 Å². The molecule has 1 aliphatic rings. The molecule has 0 saturated carbocycles. The number of thiophene rings is 2. The number of ether oxygens (including phenoxy) is 2. The number of carbonyl (C=O) groups is 3. The zero-order valence-electron chi connectivity index (χ0n) is 20.1. The van der Waals surface area contributed by atoms with Crippen LogP contribution in [0.4, 0.5) is 5.00 Å². The lowest BCUT2D eigenvalue weighted by atomic mass is 9.97. The van der Waals surface area contributed by atoms with Gasteiger partial charge in [-0.25, -0.2) is 14.6 Å². The monoisotopic (exact) mass is 517 g/mol. The van der Waals surface area contributed by atoms with E-state index < -0.39 is 17.8 Å². The van der Waals surface area contributed by atoms with E-state index in [2.05, 4.69) is 10.3 Å². The summed E-state index contributed by atoms with van der Waals surface area (Å²) in [6, 6.07) is 0. The molecule has 3 aromatic heterocycles. The number of aryl methyl sites for hydroxylation is 3. The number of amides is 1. The van der Waals surface area contributed by atoms with E-state index in [1.165, 1.54) is 9.44 Å². The van der Waals surface area contributed by atoms with Crippen LogP contribution in [0.25, 0.3) is 10.2 Å². The molecule has 0 saturated heterocycles. The smallest absolute Gasteiger partial charge is 0.348 e. The molecular weight excluding hydrogens is 490 g/mol. The second-order valence-electron chi connectivity index (χ2n) is 8.19. The molecule has 0 aromatic carbocycles. The van der Waals surface area contributed by atoms with E-state index in [1.807, 2.05) is 0 Å². The van der Waals surface area contributed by atoms with Crippen LogP contribution in [0.3, 0.4) is 0 Å². The van der Waals surface area contributed by atoms with Gasteiger partial charge in [-0.1, -0.05) is 0 Å². The molecule has 0 unspecified atom stereocenters. The molecule has 1 aliphatic carbocycles. The Morgan fingerprint density at radius 2 is 1.71 bits per heavy atom. The summed E-state index contributed by atoms with van der Waals surface area (Å²) >= 11 is 2.51. The molecule has 1 amide bonds. The van der Waals surface area contributed by atoms with Crippen LogP contribution in [0, 0.1) is 13.8 Å². The molecule has 0 atom stereocenters. The summed E-state index contributed by atoms with van der Waals surface area (Å²) < 4.78 is 11.6. The van der Waals surface area contributed by atoms with Crippen LogP contribution in [-0.2, 0) is 33.7 Å². The molecule has 0 aliphatic heterocycles. The summed E-state index contributed by atoms with van der Waals surface area (Å²) in [6.07, 6.45) is 3.93. The Balaban J connectivity index is 1.67. The molecule has 186 valence electrons. The van der Waals surface area contributed by atoms with Crippen molar-refractivity contribution in [3.63, 3.8) is 0 Å². The zero-order valence-corrected chi connectivity index (χ0v) is 21.7. The van der Waals surface area contributed by atoms with Gasteiger partial charge in [-0.05, 0) is 64.5 Å². The third-order valence-corrected chi connectivity index (χ3v) is 8.28. The predicted octanol–water partition coefficient (Wildman–Crippen LogP) is 4.01. The minimum Gasteiger partial charge on any atom is -0.462 e. The van der Waals surface area contributed by atoms with Gasteiger partial charge in [0.2, 0.25) is 5.91 Å². The predicted molar refractivity (Wildman–Crippen MR) is 135 cm³/mol. The lowest BCUT2D eigenvalue weighted by molar-refractivity contribution is -0.116. The van der Waals surface area contributed by atoms with Crippen molar-refractivity contribution >= 4 is 55.7 Å². The van der Waals surface area contributed by atoms with Gasteiger partial charge in [0.05, 0.1) is 24.2 Å². The first kappa shape index (κ1) is 25.1. The van der Waals surface area contributed by atoms with E-state index in [4.69, 9.17) is 9.47 Å². The Labute approximate surface area is 210 Å². The number of hydrogen-bond acceptors (Lipinski definition) is 9. The first-order valence-corrected chi connectivity index (χ1v) is 13.2. The highest BCUT2D eigenvalue weighted by Gasteiger charge is 2.28. The summed E-state index contributed by atoms with van der Waals surface area (Å²) in [5, 5.41) is 3.49. The molecule has 11 heteroatoms. The summed E-state index contributed by atoms with van der Waals surface area (Å²) in [6.45, 7) is 6.71. The summed E-state index contributed by atoms with van der Waals surface area (Å²) in [4.78, 5) is 58.1. The number of carbonyl (C=O) groups excluding carboxylic acids is 3. The summed E-state index contributed by atoms with van der Waals surface area (Å²) in [5.74, 6) is -1.29. The van der Waals surface area contributed by atoms with Gasteiger partial charge in [0, 0.05) is 4.88 Å². The molecule has 0 fully saturated rings. The lowest BCUT2D eigenvalue weighted by Crippen LogP contribution is -2.30. The van der Waals surface area contributed by atoms with Crippen molar-refractivity contribution in [3.8, 4) is 0 Å². The fourth-order valence-electron chi connectivity index (χ4n) is 4.28. The van der Waals surface area contributed by atoms with Crippen molar-refractivity contribution in [2.75, 3.05) is 18.5 Å². The highest BCUT2D eigenvalue weighted by atomic mass is 32.1. The largest absolute Gasteiger partial charge is 0.462 e. The van der Waals surface area contributed by atoms with Gasteiger partial charge < -0.3 is 14.8 Å². The van der Waals surface area contributed by atoms with Gasteiger partial charge in [-0.15, -0.1) is 22.7 Å². The zero-order chi connectivity index (χ0) is 25.3. The highest BCUT2D eigenvalue weighted by molar-refractivity contribution is 7.19. The number of fused-ring (bicyclic) bond motifs is 3. The minimum atomic E-state index is -0.645. The summed E-state index contributed by atoms with van der Waals surface area (Å²) in [7, 11) is 0. The van der Waals surface area contributed by atoms with E-state index in [-0.39, 0.29) is 40.8 Å². The van der Waals surface area contributed by atoms with Crippen molar-refractivity contribution in [3.05, 3.63) is 42.6 Å². The molecule has 9 nitrogen and oxygen atoms in total. The number of anilines is 1. The van der Waals surface area contributed by atoms with Crippen LogP contribution < -0.4 is 10.9 Å². The third-order valence-electron chi connectivity index (χ3n) is 5.91. The van der Waals surface area contributed by atoms with Crippen LogP contribution in [0.15, 0.2) is 4.79 Å². The van der Waals surface area contributed by atoms with Crippen molar-refractivity contribution in [1.29, 1.82) is 0 Å². The fourth-order valence-corrected chi connectivity index (χ4v) is 6.68. The average Bonchev–Trinajstić information content (AvgIpc) is 3.34. The van der Waals surface area contributed by atoms with Gasteiger partial charge >= 0.3 is 11.9 Å². The number of aromatic nitrogens is 2.